The summed E-state index contributed by atoms with van der Waals surface area (Å²) in [7, 11) is 1.61. The number of fused-ring (bicyclic) bond motifs is 1. The van der Waals surface area contributed by atoms with Gasteiger partial charge in [0.05, 0.1) is 18.2 Å². The number of rotatable bonds is 5. The zero-order chi connectivity index (χ0) is 13.1. The van der Waals surface area contributed by atoms with E-state index in [2.05, 4.69) is 10.3 Å². The molecule has 0 saturated heterocycles. The minimum Gasteiger partial charge on any atom is -0.478 e. The summed E-state index contributed by atoms with van der Waals surface area (Å²) in [6.07, 6.45) is 0.792. The first-order valence-corrected chi connectivity index (χ1v) is 5.75. The standard InChI is InChI=1S/C12H15N3O3/c1-3-8(7-18-2)15-11-9(12(16)17)5-4-6-10(11)13-14-15/h4-6,8H,3,7H2,1-2H3,(H,16,17). The van der Waals surface area contributed by atoms with Gasteiger partial charge in [0.15, 0.2) is 0 Å². The van der Waals surface area contributed by atoms with E-state index in [-0.39, 0.29) is 11.6 Å². The Bertz CT molecular complexity index is 565. The number of carbonyl (C=O) groups is 1. The highest BCUT2D eigenvalue weighted by Gasteiger charge is 2.19. The van der Waals surface area contributed by atoms with E-state index >= 15 is 0 Å². The molecular formula is C12H15N3O3. The fourth-order valence-electron chi connectivity index (χ4n) is 1.98. The van der Waals surface area contributed by atoms with Crippen molar-refractivity contribution >= 4 is 17.0 Å². The SMILES string of the molecule is CCC(COC)n1nnc2cccc(C(=O)O)c21. The van der Waals surface area contributed by atoms with E-state index < -0.39 is 5.97 Å². The molecule has 6 nitrogen and oxygen atoms in total. The predicted octanol–water partition coefficient (Wildman–Crippen LogP) is 1.73. The lowest BCUT2D eigenvalue weighted by Crippen LogP contribution is -2.16. The van der Waals surface area contributed by atoms with Crippen molar-refractivity contribution in [3.05, 3.63) is 23.8 Å². The van der Waals surface area contributed by atoms with Gasteiger partial charge in [0, 0.05) is 7.11 Å². The third-order valence-electron chi connectivity index (χ3n) is 2.90. The van der Waals surface area contributed by atoms with E-state index in [9.17, 15) is 9.90 Å². The zero-order valence-electron chi connectivity index (χ0n) is 10.3. The molecule has 18 heavy (non-hydrogen) atoms. The van der Waals surface area contributed by atoms with Crippen LogP contribution in [0.25, 0.3) is 11.0 Å². The molecule has 1 unspecified atom stereocenters. The fourth-order valence-corrected chi connectivity index (χ4v) is 1.98. The molecular weight excluding hydrogens is 234 g/mol. The van der Waals surface area contributed by atoms with Crippen molar-refractivity contribution in [2.45, 2.75) is 19.4 Å². The molecule has 0 fully saturated rings. The van der Waals surface area contributed by atoms with Gasteiger partial charge in [-0.2, -0.15) is 0 Å². The summed E-state index contributed by atoms with van der Waals surface area (Å²) in [6, 6.07) is 4.97. The van der Waals surface area contributed by atoms with Gasteiger partial charge in [-0.1, -0.05) is 18.2 Å². The van der Waals surface area contributed by atoms with E-state index in [1.807, 2.05) is 6.92 Å². The molecule has 0 saturated carbocycles. The Balaban J connectivity index is 2.60. The van der Waals surface area contributed by atoms with Gasteiger partial charge < -0.3 is 9.84 Å². The molecule has 6 heteroatoms. The second kappa shape index (κ2) is 5.14. The monoisotopic (exact) mass is 249 g/mol. The summed E-state index contributed by atoms with van der Waals surface area (Å²) in [5.74, 6) is -0.976. The highest BCUT2D eigenvalue weighted by molar-refractivity contribution is 6.00. The number of carboxylic acids is 1. The Hall–Kier alpha value is -1.95. The smallest absolute Gasteiger partial charge is 0.337 e. The lowest BCUT2D eigenvalue weighted by molar-refractivity contribution is 0.0698. The minimum atomic E-state index is -0.976. The first-order valence-electron chi connectivity index (χ1n) is 5.75. The topological polar surface area (TPSA) is 77.2 Å². The highest BCUT2D eigenvalue weighted by Crippen LogP contribution is 2.22. The molecule has 0 aliphatic heterocycles. The van der Waals surface area contributed by atoms with Gasteiger partial charge in [-0.25, -0.2) is 9.48 Å². The van der Waals surface area contributed by atoms with Crippen LogP contribution in [-0.4, -0.2) is 39.8 Å². The Kier molecular flexibility index (Phi) is 3.57. The summed E-state index contributed by atoms with van der Waals surface area (Å²) >= 11 is 0. The molecule has 0 amide bonds. The third-order valence-corrected chi connectivity index (χ3v) is 2.90. The maximum atomic E-state index is 11.2. The average Bonchev–Trinajstić information content (AvgIpc) is 2.79. The number of aromatic carboxylic acids is 1. The molecule has 2 aromatic rings. The molecule has 1 heterocycles. The quantitative estimate of drug-likeness (QED) is 0.873. The van der Waals surface area contributed by atoms with E-state index in [0.29, 0.717) is 17.6 Å². The van der Waals surface area contributed by atoms with Gasteiger partial charge in [0.1, 0.15) is 11.0 Å². The molecule has 0 spiro atoms. The van der Waals surface area contributed by atoms with Gasteiger partial charge in [-0.05, 0) is 18.6 Å². The summed E-state index contributed by atoms with van der Waals surface area (Å²) < 4.78 is 6.77. The second-order valence-corrected chi connectivity index (χ2v) is 4.03. The number of hydrogen-bond acceptors (Lipinski definition) is 4. The van der Waals surface area contributed by atoms with Crippen molar-refractivity contribution in [2.75, 3.05) is 13.7 Å². The minimum absolute atomic E-state index is 0.0134. The number of aromatic nitrogens is 3. The Morgan fingerprint density at radius 2 is 2.33 bits per heavy atom. The molecule has 2 rings (SSSR count). The molecule has 96 valence electrons. The van der Waals surface area contributed by atoms with Crippen molar-refractivity contribution in [3.8, 4) is 0 Å². The largest absolute Gasteiger partial charge is 0.478 e. The Morgan fingerprint density at radius 3 is 2.94 bits per heavy atom. The molecule has 0 bridgehead atoms. The summed E-state index contributed by atoms with van der Waals surface area (Å²) in [6.45, 7) is 2.48. The van der Waals surface area contributed by atoms with Crippen LogP contribution in [0.3, 0.4) is 0 Å². The first kappa shape index (κ1) is 12.5. The van der Waals surface area contributed by atoms with Crippen LogP contribution in [0.15, 0.2) is 18.2 Å². The fraction of sp³-hybridized carbons (Fsp3) is 0.417. The van der Waals surface area contributed by atoms with Crippen LogP contribution in [0.5, 0.6) is 0 Å². The predicted molar refractivity (Wildman–Crippen MR) is 65.7 cm³/mol. The van der Waals surface area contributed by atoms with Crippen LogP contribution in [0.4, 0.5) is 0 Å². The lowest BCUT2D eigenvalue weighted by Gasteiger charge is -2.15. The van der Waals surface area contributed by atoms with Gasteiger partial charge in [0.25, 0.3) is 0 Å². The summed E-state index contributed by atoms with van der Waals surface area (Å²) in [5, 5.41) is 17.3. The lowest BCUT2D eigenvalue weighted by atomic mass is 10.1. The van der Waals surface area contributed by atoms with Gasteiger partial charge in [-0.3, -0.25) is 0 Å². The Labute approximate surface area is 104 Å². The third kappa shape index (κ3) is 2.06. The number of methoxy groups -OCH3 is 1. The van der Waals surface area contributed by atoms with Crippen LogP contribution in [0.2, 0.25) is 0 Å². The highest BCUT2D eigenvalue weighted by atomic mass is 16.5. The van der Waals surface area contributed by atoms with Gasteiger partial charge >= 0.3 is 5.97 Å². The van der Waals surface area contributed by atoms with Crippen molar-refractivity contribution < 1.29 is 14.6 Å². The molecule has 0 aliphatic carbocycles. The normalized spacial score (nSPS) is 12.8. The van der Waals surface area contributed by atoms with E-state index in [1.165, 1.54) is 0 Å². The van der Waals surface area contributed by atoms with Crippen LogP contribution in [0, 0.1) is 0 Å². The average molecular weight is 249 g/mol. The number of carboxylic acid groups (broad SMARTS) is 1. The zero-order valence-corrected chi connectivity index (χ0v) is 10.3. The van der Waals surface area contributed by atoms with Crippen molar-refractivity contribution in [1.82, 2.24) is 15.0 Å². The van der Waals surface area contributed by atoms with E-state index in [4.69, 9.17) is 4.74 Å². The van der Waals surface area contributed by atoms with Gasteiger partial charge in [0.2, 0.25) is 0 Å². The van der Waals surface area contributed by atoms with Crippen LogP contribution in [-0.2, 0) is 4.74 Å². The molecule has 1 aromatic heterocycles. The number of hydrogen-bond donors (Lipinski definition) is 1. The van der Waals surface area contributed by atoms with Crippen LogP contribution >= 0.6 is 0 Å². The molecule has 0 aliphatic rings. The van der Waals surface area contributed by atoms with Crippen molar-refractivity contribution in [3.63, 3.8) is 0 Å². The van der Waals surface area contributed by atoms with Crippen molar-refractivity contribution in [1.29, 1.82) is 0 Å². The van der Waals surface area contributed by atoms with Crippen LogP contribution < -0.4 is 0 Å². The van der Waals surface area contributed by atoms with Gasteiger partial charge in [-0.15, -0.1) is 5.10 Å². The number of benzene rings is 1. The van der Waals surface area contributed by atoms with Crippen LogP contribution in [0.1, 0.15) is 29.7 Å². The van der Waals surface area contributed by atoms with E-state index in [0.717, 1.165) is 6.42 Å². The maximum absolute atomic E-state index is 11.2. The summed E-state index contributed by atoms with van der Waals surface area (Å²) in [4.78, 5) is 11.2. The maximum Gasteiger partial charge on any atom is 0.337 e. The second-order valence-electron chi connectivity index (χ2n) is 4.03. The molecule has 1 atom stereocenters. The number of para-hydroxylation sites is 1. The molecule has 1 N–H and O–H groups in total. The van der Waals surface area contributed by atoms with E-state index in [1.54, 1.807) is 30.0 Å². The first-order chi connectivity index (χ1) is 8.69. The number of nitrogens with zero attached hydrogens (tertiary/aromatic N) is 3. The number of ether oxygens (including phenoxy) is 1. The molecule has 1 aromatic carbocycles. The Morgan fingerprint density at radius 1 is 1.56 bits per heavy atom. The summed E-state index contributed by atoms with van der Waals surface area (Å²) in [5.41, 5.74) is 1.35. The van der Waals surface area contributed by atoms with Crippen molar-refractivity contribution in [2.24, 2.45) is 0 Å². The molecule has 0 radical (unpaired) electrons.